The van der Waals surface area contributed by atoms with Gasteiger partial charge in [0.1, 0.15) is 0 Å². The number of benzene rings is 3. The molecule has 6 rings (SSSR count). The molecule has 0 saturated heterocycles. The van der Waals surface area contributed by atoms with Crippen molar-refractivity contribution in [2.75, 3.05) is 0 Å². The van der Waals surface area contributed by atoms with Gasteiger partial charge in [-0.15, -0.1) is 0 Å². The first-order valence-corrected chi connectivity index (χ1v) is 17.0. The Bertz CT molecular complexity index is 1470. The van der Waals surface area contributed by atoms with Crippen LogP contribution in [0.15, 0.2) is 85.0 Å². The van der Waals surface area contributed by atoms with Crippen LogP contribution in [0.3, 0.4) is 0 Å². The molecule has 3 heterocycles. The van der Waals surface area contributed by atoms with Crippen LogP contribution < -0.4 is 33.8 Å². The Hall–Kier alpha value is -1.71. The molecule has 0 aliphatic carbocycles. The summed E-state index contributed by atoms with van der Waals surface area (Å²) in [6.07, 6.45) is 6.46. The van der Waals surface area contributed by atoms with E-state index in [0.29, 0.717) is 0 Å². The van der Waals surface area contributed by atoms with E-state index in [-0.39, 0.29) is 61.6 Å². The number of aliphatic hydroxyl groups excluding tert-OH is 1. The van der Waals surface area contributed by atoms with Gasteiger partial charge in [0.25, 0.3) is 0 Å². The first-order valence-electron chi connectivity index (χ1n) is 10.8. The maximum atomic E-state index is 10.0. The van der Waals surface area contributed by atoms with Gasteiger partial charge in [-0.05, 0) is 13.8 Å². The molecule has 9 heteroatoms. The van der Waals surface area contributed by atoms with Gasteiger partial charge in [-0.1, -0.05) is 0 Å². The molecule has 1 unspecified atom stereocenters. The van der Waals surface area contributed by atoms with Gasteiger partial charge in [-0.2, -0.15) is 0 Å². The van der Waals surface area contributed by atoms with Crippen molar-refractivity contribution < 1.29 is 30.0 Å². The molecule has 2 aliphatic heterocycles. The smallest absolute Gasteiger partial charge is 0 e. The molecule has 1 atom stereocenters. The number of aliphatic hydroxyl groups is 1. The number of allylic oxidation sites excluding steroid dienone is 2. The fraction of sp³-hybridized carbons (Fsp3) is 0.0741. The largest absolute Gasteiger partial charge is 0 e. The van der Waals surface area contributed by atoms with Crippen molar-refractivity contribution in [3.63, 3.8) is 0 Å². The Kier molecular flexibility index (Phi) is 8.62. The molecule has 0 bridgehead atoms. The fourth-order valence-electron chi connectivity index (χ4n) is 4.06. The Morgan fingerprint density at radius 1 is 1.00 bits per heavy atom. The van der Waals surface area contributed by atoms with Crippen molar-refractivity contribution in [2.45, 2.75) is 13.8 Å². The summed E-state index contributed by atoms with van der Waals surface area (Å²) < 4.78 is 5.58. The van der Waals surface area contributed by atoms with Crippen molar-refractivity contribution in [3.05, 3.63) is 91.1 Å². The normalized spacial score (nSPS) is 16.8. The number of ketones is 1. The van der Waals surface area contributed by atoms with E-state index in [4.69, 9.17) is 16.9 Å². The molecule has 1 N–H and O–H groups in total. The molecular weight excluding hydrogens is 797 g/mol. The third-order valence-corrected chi connectivity index (χ3v) is 16.3. The first-order chi connectivity index (χ1) is 16.9. The van der Waals surface area contributed by atoms with Gasteiger partial charge in [-0.3, -0.25) is 4.79 Å². The molecule has 0 spiro atoms. The molecule has 1 aromatic heterocycles. The van der Waals surface area contributed by atoms with E-state index < -0.39 is 6.04 Å². The molecular formula is C27H20IrN2O2PSSe2-. The van der Waals surface area contributed by atoms with Gasteiger partial charge < -0.3 is 5.11 Å². The Morgan fingerprint density at radius 2 is 1.64 bits per heavy atom. The van der Waals surface area contributed by atoms with E-state index in [9.17, 15) is 4.79 Å². The predicted molar refractivity (Wildman–Crippen MR) is 149 cm³/mol. The third-order valence-electron chi connectivity index (χ3n) is 5.38. The number of fused-ring (bicyclic) bond motifs is 4. The van der Waals surface area contributed by atoms with Crippen LogP contribution in [0.1, 0.15) is 13.8 Å². The van der Waals surface area contributed by atoms with Crippen molar-refractivity contribution >= 4 is 87.3 Å². The number of rotatable bonds is 2. The summed E-state index contributed by atoms with van der Waals surface area (Å²) in [5.74, 6) is -0.0625. The molecule has 1 radical (unpaired) electrons. The summed E-state index contributed by atoms with van der Waals surface area (Å²) in [5.41, 5.74) is 1.94. The van der Waals surface area contributed by atoms with Gasteiger partial charge in [0, 0.05) is 26.2 Å². The predicted octanol–water partition coefficient (Wildman–Crippen LogP) is 0.671. The van der Waals surface area contributed by atoms with E-state index in [1.54, 1.807) is 12.4 Å². The number of carbonyl (C=O) groups is 1. The topological polar surface area (TPSA) is 63.1 Å². The average Bonchev–Trinajstić information content (AvgIpc) is 2.84. The van der Waals surface area contributed by atoms with Crippen molar-refractivity contribution in [1.82, 2.24) is 9.97 Å². The monoisotopic (exact) mass is 820 g/mol. The summed E-state index contributed by atoms with van der Waals surface area (Å²) in [6.45, 7) is 2.85. The SMILES string of the molecule is CC(=O)/C=C(/C)O.S=P12c3ccccc3[Se]c3[c-]c(-c4cnccn4)cc(c31)[Se]c1ccccc12.[Ir]. The molecule has 36 heavy (non-hydrogen) atoms. The Labute approximate surface area is 241 Å². The molecule has 3 aromatic carbocycles. The standard InChI is InChI=1S/C22H12N2PSSe2.C5H8O2.Ir/c26-25-16-5-1-3-7-18(16)27-20-11-14(15-13-23-9-10-24-15)12-21(22(20)25)28-19-8-4-2-6-17(19)25;1-4(6)3-5(2)7;/h1-11,13H;3,6H,1-2H3;/q-1;;/b;4-3-;. The van der Waals surface area contributed by atoms with Crippen LogP contribution in [-0.2, 0) is 36.7 Å². The zero-order chi connectivity index (χ0) is 24.6. The zero-order valence-corrected chi connectivity index (χ0v) is 26.8. The molecule has 0 saturated carbocycles. The second-order valence-corrected chi connectivity index (χ2v) is 16.7. The van der Waals surface area contributed by atoms with E-state index in [1.165, 1.54) is 53.7 Å². The van der Waals surface area contributed by atoms with Gasteiger partial charge in [0.05, 0.1) is 5.76 Å². The minimum atomic E-state index is -2.03. The van der Waals surface area contributed by atoms with Gasteiger partial charge in [0.15, 0.2) is 5.78 Å². The minimum absolute atomic E-state index is 0. The molecule has 4 aromatic rings. The average molecular weight is 818 g/mol. The van der Waals surface area contributed by atoms with Gasteiger partial charge in [-0.25, -0.2) is 0 Å². The third kappa shape index (κ3) is 5.16. The number of aromatic nitrogens is 2. The summed E-state index contributed by atoms with van der Waals surface area (Å²) in [6, 6.07) is 21.6. The van der Waals surface area contributed by atoms with E-state index in [0.717, 1.165) is 11.3 Å². The second kappa shape index (κ2) is 11.4. The number of carbonyl (C=O) groups excluding carboxylic acids is 1. The van der Waals surface area contributed by atoms with Crippen LogP contribution in [0.5, 0.6) is 0 Å². The Balaban J connectivity index is 0.000000338. The zero-order valence-electron chi connectivity index (χ0n) is 19.3. The van der Waals surface area contributed by atoms with Crippen molar-refractivity contribution in [2.24, 2.45) is 0 Å². The van der Waals surface area contributed by atoms with Crippen LogP contribution >= 0.6 is 6.04 Å². The molecule has 2 aliphatic rings. The number of hydrogen-bond acceptors (Lipinski definition) is 5. The van der Waals surface area contributed by atoms with Crippen LogP contribution in [0.25, 0.3) is 11.3 Å². The van der Waals surface area contributed by atoms with E-state index in [2.05, 4.69) is 70.6 Å². The van der Waals surface area contributed by atoms with Crippen LogP contribution in [0, 0.1) is 6.07 Å². The van der Waals surface area contributed by atoms with Crippen LogP contribution in [0.4, 0.5) is 0 Å². The van der Waals surface area contributed by atoms with Gasteiger partial charge in [0.2, 0.25) is 0 Å². The summed E-state index contributed by atoms with van der Waals surface area (Å²) >= 11 is 7.06. The minimum Gasteiger partial charge on any atom is 0 e. The van der Waals surface area contributed by atoms with Crippen molar-refractivity contribution in [1.29, 1.82) is 0 Å². The maximum Gasteiger partial charge on any atom is 0 e. The Morgan fingerprint density at radius 3 is 2.19 bits per heavy atom. The quantitative estimate of drug-likeness (QED) is 0.0917. The molecule has 4 nitrogen and oxygen atoms in total. The van der Waals surface area contributed by atoms with Crippen molar-refractivity contribution in [3.8, 4) is 11.3 Å². The van der Waals surface area contributed by atoms with Gasteiger partial charge >= 0.3 is 182 Å². The van der Waals surface area contributed by atoms with E-state index in [1.807, 2.05) is 6.20 Å². The van der Waals surface area contributed by atoms with Crippen LogP contribution in [0.2, 0.25) is 0 Å². The molecule has 0 amide bonds. The number of hydrogen-bond donors (Lipinski definition) is 1. The van der Waals surface area contributed by atoms with Crippen LogP contribution in [-0.4, -0.2) is 50.8 Å². The summed E-state index contributed by atoms with van der Waals surface area (Å²) in [5, 5.41) is 12.6. The van der Waals surface area contributed by atoms with E-state index >= 15 is 0 Å². The maximum absolute atomic E-state index is 10.0. The fourth-order valence-corrected chi connectivity index (χ4v) is 18.5. The first kappa shape index (κ1) is 27.3. The molecule has 0 fully saturated rings. The molecule has 183 valence electrons. The summed E-state index contributed by atoms with van der Waals surface area (Å²) in [7, 11) is 0. The summed E-state index contributed by atoms with van der Waals surface area (Å²) in [4.78, 5) is 18.8. The second-order valence-electron chi connectivity index (χ2n) is 7.96. The number of nitrogens with zero attached hydrogens (tertiary/aromatic N) is 2.